The number of epoxide rings is 1. The Morgan fingerprint density at radius 2 is 0.823 bits per heavy atom. The topological polar surface area (TPSA) is 192 Å². The number of piperidine rings is 3. The molecule has 1 aromatic carbocycles. The molecule has 130 heavy (non-hydrogen) atoms. The number of allylic oxidation sites excluding steroid dienone is 4. The first-order chi connectivity index (χ1) is 64.3. The van der Waals surface area contributed by atoms with Crippen LogP contribution in [0.3, 0.4) is 0 Å². The van der Waals surface area contributed by atoms with E-state index in [2.05, 4.69) is 122 Å². The number of ketones is 1. The summed E-state index contributed by atoms with van der Waals surface area (Å²) in [5, 5.41) is 3.28. The predicted octanol–water partition coefficient (Wildman–Crippen LogP) is 25.1. The molecule has 746 valence electrons. The van der Waals surface area contributed by atoms with Crippen LogP contribution in [0.25, 0.3) is 6.08 Å². The van der Waals surface area contributed by atoms with Gasteiger partial charge in [0.25, 0.3) is 0 Å². The molecule has 15 saturated heterocycles. The minimum atomic E-state index is -2.58. The van der Waals surface area contributed by atoms with Gasteiger partial charge in [0.05, 0.1) is 62.3 Å². The molecule has 26 aliphatic rings. The summed E-state index contributed by atoms with van der Waals surface area (Å²) in [6.07, 6.45) is 103. The number of sulfone groups is 1. The zero-order chi connectivity index (χ0) is 91.3. The quantitative estimate of drug-likeness (QED) is 0.146. The molecule has 21 heteroatoms. The van der Waals surface area contributed by atoms with Crippen LogP contribution in [-0.4, -0.2) is 250 Å². The molecule has 0 unspecified atom stereocenters. The van der Waals surface area contributed by atoms with E-state index in [1.54, 1.807) is 0 Å². The third-order valence-electron chi connectivity index (χ3n) is 25.9. The van der Waals surface area contributed by atoms with Crippen LogP contribution in [-0.2, 0) is 52.6 Å². The number of nitrogens with one attached hydrogen (secondary N) is 1. The maximum atomic E-state index is 10.7. The molecule has 18 nitrogen and oxygen atoms in total. The fourth-order valence-electron chi connectivity index (χ4n) is 17.7. The Balaban J connectivity index is 0.000000211. The summed E-state index contributed by atoms with van der Waals surface area (Å²) in [5.41, 5.74) is 1.17. The Hall–Kier alpha value is -3.71. The number of hydrogen-bond donors (Lipinski definition) is 1. The number of para-hydroxylation sites is 1. The van der Waals surface area contributed by atoms with Crippen molar-refractivity contribution in [3.8, 4) is 5.75 Å². The molecule has 0 amide bonds. The first kappa shape index (κ1) is 115. The van der Waals surface area contributed by atoms with Crippen molar-refractivity contribution in [1.29, 1.82) is 0 Å². The van der Waals surface area contributed by atoms with E-state index in [1.165, 1.54) is 409 Å². The highest BCUT2D eigenvalue weighted by molar-refractivity contribution is 7.99. The number of nitrogens with zero attached hydrogens (tertiary/aromatic N) is 5. The molecular weight excluding hydrogens is 1680 g/mol. The van der Waals surface area contributed by atoms with Gasteiger partial charge in [0.15, 0.2) is 6.40 Å². The molecule has 27 rings (SSSR count). The molecule has 1 N–H and O–H groups in total. The standard InChI is InChI=1S/C9H17N.C9H8O.C6H12N2.C6H10O.C6H6O.C6H10O.C6H12.C6H10.C5H11N.C5H10O2S.C5H10O.2C5H10.C5H8.C4H7N.C4H6O2.C4H8O.2C4H8S.C3H5NO.C2H4O/c1-3-7-10-8-4-2-6-9(10)5-1;1-2-6-9-8(4-1)5-3-7-10-9;1-2-8-5-3-7(1)4-6-8;2*1-2-6-4-3-5(1)7-6;7-6-4-2-1-3-5-6;3*1-2-4-6-5-3-1;6-8(7)4-2-1-3-5-8;1-2-4-6-5-3-1;4*1-2-4-5-3-1;5-4-2-1-3-6-4;3*1-2-4-5-3-1;1-2-5-3-4-1;1-2-3-1/h9H,1-8H2;1-6H,7H2;1-6H2;5-6H,1-4H2;1-6H;1-5H2;1-6H2;1-2H,3-6H2;6H,1-5H2;1-5H2;1-5H2;2*1-5H2;1-2H,3-5H2;3H,1-2,4H2;1-3H2;3*1-4H2;3H,1-2H2;1-2H2. The Morgan fingerprint density at radius 1 is 0.369 bits per heavy atom. The van der Waals surface area contributed by atoms with Gasteiger partial charge in [-0.25, -0.2) is 8.42 Å². The van der Waals surface area contributed by atoms with Gasteiger partial charge < -0.3 is 48.1 Å². The van der Waals surface area contributed by atoms with Gasteiger partial charge in [-0.1, -0.05) is 208 Å². The molecular formula is C109H190N6O12S3. The number of ether oxygens (including phenoxy) is 8. The van der Waals surface area contributed by atoms with E-state index in [1.807, 2.05) is 36.6 Å². The number of carbonyl (C=O) groups excluding carboxylic acids is 2. The Bertz CT molecular complexity index is 2750. The minimum Gasteiger partial charge on any atom is -0.489 e. The van der Waals surface area contributed by atoms with Gasteiger partial charge >= 0.3 is 5.97 Å². The van der Waals surface area contributed by atoms with Crippen molar-refractivity contribution in [3.63, 3.8) is 0 Å². The van der Waals surface area contributed by atoms with E-state index in [4.69, 9.17) is 23.7 Å². The number of esters is 1. The van der Waals surface area contributed by atoms with Crippen LogP contribution in [0.15, 0.2) is 88.9 Å². The highest BCUT2D eigenvalue weighted by Crippen LogP contribution is 2.34. The van der Waals surface area contributed by atoms with Gasteiger partial charge in [-0.15, -0.1) is 0 Å². The summed E-state index contributed by atoms with van der Waals surface area (Å²) in [5.74, 6) is 7.92. The van der Waals surface area contributed by atoms with Crippen LogP contribution in [0.5, 0.6) is 5.75 Å². The molecule has 20 heterocycles. The summed E-state index contributed by atoms with van der Waals surface area (Å²) >= 11 is 4.15. The molecule has 0 aromatic heterocycles. The number of Topliss-reactive ketones (excluding diaryl/α,β-unsaturated/α-hetero) is 1. The number of aliphatic imine (C=N–C) groups is 2. The van der Waals surface area contributed by atoms with Crippen LogP contribution in [0, 0.1) is 0 Å². The van der Waals surface area contributed by atoms with Crippen LogP contribution < -0.4 is 10.1 Å². The Morgan fingerprint density at radius 3 is 1.06 bits per heavy atom. The lowest BCUT2D eigenvalue weighted by Crippen LogP contribution is -2.55. The summed E-state index contributed by atoms with van der Waals surface area (Å²) in [6, 6.07) is 9.02. The van der Waals surface area contributed by atoms with Gasteiger partial charge in [0.2, 0.25) is 0 Å². The van der Waals surface area contributed by atoms with Gasteiger partial charge in [0, 0.05) is 103 Å². The van der Waals surface area contributed by atoms with E-state index in [9.17, 15) is 18.0 Å². The fraction of sp³-hybridized carbons (Fsp3) is 0.817. The molecule has 20 aliphatic heterocycles. The van der Waals surface area contributed by atoms with Crippen LogP contribution in [0.1, 0.15) is 372 Å². The zero-order valence-electron chi connectivity index (χ0n) is 82.4. The second-order valence-electron chi connectivity index (χ2n) is 37.6. The normalized spacial score (nSPS) is 26.8. The number of fused-ring (bicyclic) bond motifs is 9. The smallest absolute Gasteiger partial charge is 0.305 e. The SMILES string of the molecule is C1=CC2C=CC1O2.C1=CCCC1.C1=CCCCC1.C1=Cc2ccccc2OC1.C1=NCCC1.C1=NCCO1.C1CC2CCC1O2.C1CCCC1.C1CCCC1.C1CCCCC1.C1CCN2CCCCC2C1.C1CCNCC1.C1CCOC1.C1CCOCC1.C1CCSC1.C1CCSC1.C1CN2CCN1CC2.C1CO1.O=C1CCCCC1.O=C1CCCO1.O=S1(=O)CCCCC1. The third kappa shape index (κ3) is 69.2. The van der Waals surface area contributed by atoms with Gasteiger partial charge in [-0.3, -0.25) is 29.4 Å². The highest BCUT2D eigenvalue weighted by Gasteiger charge is 2.32. The van der Waals surface area contributed by atoms with E-state index in [-0.39, 0.29) is 5.97 Å². The molecule has 6 bridgehead atoms. The van der Waals surface area contributed by atoms with Crippen molar-refractivity contribution in [2.24, 2.45) is 9.98 Å². The van der Waals surface area contributed by atoms with Crippen LogP contribution in [0.4, 0.5) is 0 Å². The lowest BCUT2D eigenvalue weighted by molar-refractivity contribution is -0.138. The summed E-state index contributed by atoms with van der Waals surface area (Å²) in [7, 11) is -2.58. The molecule has 1 aromatic rings. The number of benzene rings is 1. The second kappa shape index (κ2) is 84.6. The van der Waals surface area contributed by atoms with Crippen LogP contribution in [0.2, 0.25) is 0 Å². The van der Waals surface area contributed by atoms with Crippen molar-refractivity contribution in [3.05, 3.63) is 84.5 Å². The average molecular weight is 1870 g/mol. The average Bonchev–Trinajstić information content (AvgIpc) is 1.66. The monoisotopic (exact) mass is 1870 g/mol. The third-order valence-corrected chi connectivity index (χ3v) is 30.0. The minimum absolute atomic E-state index is 0.0463. The lowest BCUT2D eigenvalue weighted by atomic mass is 9.93. The number of carbonyl (C=O) groups is 2. The maximum Gasteiger partial charge on any atom is 0.305 e. The van der Waals surface area contributed by atoms with E-state index >= 15 is 0 Å². The Kier molecular flexibility index (Phi) is 74.8. The number of piperazine rings is 3. The van der Waals surface area contributed by atoms with Crippen LogP contribution >= 0.6 is 23.5 Å². The lowest BCUT2D eigenvalue weighted by Gasteiger charge is -2.41. The van der Waals surface area contributed by atoms with E-state index in [0.717, 1.165) is 122 Å². The van der Waals surface area contributed by atoms with Crippen molar-refractivity contribution in [2.75, 3.05) is 173 Å². The van der Waals surface area contributed by atoms with E-state index < -0.39 is 9.84 Å². The summed E-state index contributed by atoms with van der Waals surface area (Å²) in [6.45, 7) is 23.2. The van der Waals surface area contributed by atoms with Crippen molar-refractivity contribution < 1.29 is 55.9 Å². The van der Waals surface area contributed by atoms with Gasteiger partial charge in [-0.05, 0) is 279 Å². The van der Waals surface area contributed by atoms with Crippen molar-refractivity contribution in [1.82, 2.24) is 20.0 Å². The second-order valence-corrected chi connectivity index (χ2v) is 42.4. The number of rotatable bonds is 0. The molecule has 19 fully saturated rings. The van der Waals surface area contributed by atoms with Gasteiger partial charge in [0.1, 0.15) is 34.6 Å². The largest absolute Gasteiger partial charge is 0.489 e. The summed E-state index contributed by atoms with van der Waals surface area (Å²) in [4.78, 5) is 36.0. The first-order valence-electron chi connectivity index (χ1n) is 53.9. The fourth-order valence-corrected chi connectivity index (χ4v) is 21.3. The molecule has 0 spiro atoms. The number of thioether (sulfide) groups is 2. The van der Waals surface area contributed by atoms with E-state index in [0.29, 0.717) is 61.3 Å². The molecule has 6 aliphatic carbocycles. The van der Waals surface area contributed by atoms with Crippen molar-refractivity contribution >= 4 is 63.8 Å². The maximum absolute atomic E-state index is 10.7. The number of cyclic esters (lactones) is 1. The zero-order valence-corrected chi connectivity index (χ0v) is 84.8. The molecule has 0 atom stereocenters. The first-order valence-corrected chi connectivity index (χ1v) is 58.0. The van der Waals surface area contributed by atoms with Crippen molar-refractivity contribution in [2.45, 2.75) is 396 Å². The van der Waals surface area contributed by atoms with Gasteiger partial charge in [-0.2, -0.15) is 23.5 Å². The Labute approximate surface area is 803 Å². The summed E-state index contributed by atoms with van der Waals surface area (Å²) < 4.78 is 61.0. The molecule has 0 radical (unpaired) electrons. The highest BCUT2D eigenvalue weighted by atomic mass is 32.2. The number of hydrogen-bond acceptors (Lipinski definition) is 20. The molecule has 4 saturated carbocycles. The predicted molar refractivity (Wildman–Crippen MR) is 554 cm³/mol.